The van der Waals surface area contributed by atoms with Crippen LogP contribution in [0.5, 0.6) is 5.88 Å². The van der Waals surface area contributed by atoms with Gasteiger partial charge in [-0.2, -0.15) is 0 Å². The molecule has 0 saturated carbocycles. The number of piperidine rings is 1. The van der Waals surface area contributed by atoms with Gasteiger partial charge >= 0.3 is 0 Å². The van der Waals surface area contributed by atoms with Gasteiger partial charge in [0.05, 0.1) is 17.6 Å². The zero-order valence-electron chi connectivity index (χ0n) is 13.1. The minimum Gasteiger partial charge on any atom is -0.477 e. The number of nitro groups is 1. The van der Waals surface area contributed by atoms with Crippen molar-refractivity contribution >= 4 is 11.4 Å². The average molecular weight is 331 g/mol. The molecule has 0 aliphatic carbocycles. The molecule has 0 spiro atoms. The van der Waals surface area contributed by atoms with Crippen molar-refractivity contribution in [2.45, 2.75) is 12.8 Å². The number of ether oxygens (including phenoxy) is 1. The van der Waals surface area contributed by atoms with Crippen LogP contribution in [-0.4, -0.2) is 29.6 Å². The summed E-state index contributed by atoms with van der Waals surface area (Å²) in [6, 6.07) is 9.25. The lowest BCUT2D eigenvalue weighted by Crippen LogP contribution is -2.35. The summed E-state index contributed by atoms with van der Waals surface area (Å²) in [5.41, 5.74) is 0.295. The van der Waals surface area contributed by atoms with Gasteiger partial charge in [0.1, 0.15) is 11.5 Å². The van der Waals surface area contributed by atoms with Gasteiger partial charge in [0.25, 0.3) is 5.69 Å². The average Bonchev–Trinajstić information content (AvgIpc) is 2.61. The molecule has 0 bridgehead atoms. The fourth-order valence-corrected chi connectivity index (χ4v) is 2.89. The summed E-state index contributed by atoms with van der Waals surface area (Å²) in [4.78, 5) is 16.7. The number of hydrogen-bond donors (Lipinski definition) is 0. The molecule has 2 heterocycles. The second kappa shape index (κ2) is 7.25. The molecule has 0 amide bonds. The summed E-state index contributed by atoms with van der Waals surface area (Å²) in [7, 11) is 0. The fraction of sp³-hybridized carbons (Fsp3) is 0.353. The molecule has 0 atom stereocenters. The Morgan fingerprint density at radius 3 is 2.75 bits per heavy atom. The molecule has 6 nitrogen and oxygen atoms in total. The molecule has 0 unspecified atom stereocenters. The van der Waals surface area contributed by atoms with E-state index in [1.165, 1.54) is 12.1 Å². The van der Waals surface area contributed by atoms with Gasteiger partial charge in [-0.25, -0.2) is 9.37 Å². The maximum absolute atomic E-state index is 13.3. The third kappa shape index (κ3) is 3.79. The molecule has 1 aliphatic heterocycles. The molecular weight excluding hydrogens is 313 g/mol. The highest BCUT2D eigenvalue weighted by atomic mass is 19.1. The summed E-state index contributed by atoms with van der Waals surface area (Å²) < 4.78 is 18.9. The molecule has 126 valence electrons. The molecule has 3 rings (SSSR count). The fourth-order valence-electron chi connectivity index (χ4n) is 2.89. The van der Waals surface area contributed by atoms with E-state index in [9.17, 15) is 14.5 Å². The lowest BCUT2D eigenvalue weighted by Gasteiger charge is -2.33. The maximum Gasteiger partial charge on any atom is 0.295 e. The van der Waals surface area contributed by atoms with Gasteiger partial charge in [0, 0.05) is 25.4 Å². The molecule has 0 radical (unpaired) electrons. The third-order valence-electron chi connectivity index (χ3n) is 4.19. The maximum atomic E-state index is 13.3. The van der Waals surface area contributed by atoms with Crippen molar-refractivity contribution in [3.63, 3.8) is 0 Å². The van der Waals surface area contributed by atoms with E-state index in [0.717, 1.165) is 18.9 Å². The van der Waals surface area contributed by atoms with Crippen LogP contribution in [0.3, 0.4) is 0 Å². The second-order valence-corrected chi connectivity index (χ2v) is 5.80. The van der Waals surface area contributed by atoms with E-state index in [0.29, 0.717) is 37.2 Å². The number of halogens is 1. The van der Waals surface area contributed by atoms with Crippen molar-refractivity contribution in [1.29, 1.82) is 0 Å². The Hall–Kier alpha value is -2.70. The number of aromatic nitrogens is 1. The third-order valence-corrected chi connectivity index (χ3v) is 4.19. The number of hydrogen-bond acceptors (Lipinski definition) is 5. The lowest BCUT2D eigenvalue weighted by molar-refractivity contribution is -0.384. The van der Waals surface area contributed by atoms with E-state index in [1.807, 2.05) is 23.1 Å². The van der Waals surface area contributed by atoms with Crippen LogP contribution >= 0.6 is 0 Å². The predicted octanol–water partition coefficient (Wildman–Crippen LogP) is 3.42. The minimum absolute atomic E-state index is 0.182. The molecular formula is C17H18FN3O3. The van der Waals surface area contributed by atoms with Crippen molar-refractivity contribution in [3.05, 3.63) is 58.5 Å². The molecule has 2 aromatic rings. The zero-order valence-corrected chi connectivity index (χ0v) is 13.1. The smallest absolute Gasteiger partial charge is 0.295 e. The van der Waals surface area contributed by atoms with E-state index in [2.05, 4.69) is 4.98 Å². The summed E-state index contributed by atoms with van der Waals surface area (Å²) in [5.74, 6) is 0.390. The Balaban J connectivity index is 1.58. The van der Waals surface area contributed by atoms with Crippen LogP contribution in [0.2, 0.25) is 0 Å². The van der Waals surface area contributed by atoms with E-state index < -0.39 is 10.7 Å². The minimum atomic E-state index is -0.593. The van der Waals surface area contributed by atoms with Crippen molar-refractivity contribution in [2.24, 2.45) is 5.92 Å². The first-order valence-electron chi connectivity index (χ1n) is 7.86. The van der Waals surface area contributed by atoms with Gasteiger partial charge in [0.2, 0.25) is 5.88 Å². The highest BCUT2D eigenvalue weighted by molar-refractivity contribution is 5.63. The predicted molar refractivity (Wildman–Crippen MR) is 87.7 cm³/mol. The van der Waals surface area contributed by atoms with Crippen LogP contribution in [0, 0.1) is 21.8 Å². The van der Waals surface area contributed by atoms with E-state index in [-0.39, 0.29) is 5.69 Å². The first-order valence-corrected chi connectivity index (χ1v) is 7.86. The van der Waals surface area contributed by atoms with Crippen LogP contribution in [0.4, 0.5) is 15.8 Å². The standard InChI is InChI=1S/C17H18FN3O3/c18-14-4-5-15(16(11-14)21(22)23)20-9-6-13(7-10-20)12-24-17-3-1-2-8-19-17/h1-5,8,11,13H,6-7,9-10,12H2. The van der Waals surface area contributed by atoms with Crippen LogP contribution in [0.25, 0.3) is 0 Å². The number of nitro benzene ring substituents is 1. The van der Waals surface area contributed by atoms with E-state index in [4.69, 9.17) is 4.74 Å². The number of nitrogens with zero attached hydrogens (tertiary/aromatic N) is 3. The van der Waals surface area contributed by atoms with Crippen LogP contribution in [0.15, 0.2) is 42.6 Å². The number of pyridine rings is 1. The molecule has 1 aromatic heterocycles. The van der Waals surface area contributed by atoms with Crippen LogP contribution in [-0.2, 0) is 0 Å². The van der Waals surface area contributed by atoms with Gasteiger partial charge < -0.3 is 9.64 Å². The zero-order chi connectivity index (χ0) is 16.9. The largest absolute Gasteiger partial charge is 0.477 e. The highest BCUT2D eigenvalue weighted by Crippen LogP contribution is 2.32. The monoisotopic (exact) mass is 331 g/mol. The van der Waals surface area contributed by atoms with Crippen molar-refractivity contribution in [3.8, 4) is 5.88 Å². The Labute approximate surface area is 139 Å². The summed E-state index contributed by atoms with van der Waals surface area (Å²) in [6.45, 7) is 1.95. The number of rotatable bonds is 5. The van der Waals surface area contributed by atoms with Gasteiger partial charge in [-0.1, -0.05) is 6.07 Å². The van der Waals surface area contributed by atoms with Crippen molar-refractivity contribution in [2.75, 3.05) is 24.6 Å². The molecule has 0 N–H and O–H groups in total. The van der Waals surface area contributed by atoms with Gasteiger partial charge in [0.15, 0.2) is 0 Å². The summed E-state index contributed by atoms with van der Waals surface area (Å²) >= 11 is 0. The number of anilines is 1. The normalized spacial score (nSPS) is 15.3. The van der Waals surface area contributed by atoms with E-state index >= 15 is 0 Å². The highest BCUT2D eigenvalue weighted by Gasteiger charge is 2.25. The first-order chi connectivity index (χ1) is 11.6. The summed E-state index contributed by atoms with van der Waals surface area (Å²) in [5, 5.41) is 11.1. The van der Waals surface area contributed by atoms with Gasteiger partial charge in [-0.3, -0.25) is 10.1 Å². The Bertz CT molecular complexity index is 703. The van der Waals surface area contributed by atoms with Crippen LogP contribution in [0.1, 0.15) is 12.8 Å². The first kappa shape index (κ1) is 16.2. The molecule has 1 aromatic carbocycles. The van der Waals surface area contributed by atoms with Gasteiger partial charge in [-0.15, -0.1) is 0 Å². The number of benzene rings is 1. The Morgan fingerprint density at radius 1 is 1.29 bits per heavy atom. The van der Waals surface area contributed by atoms with Gasteiger partial charge in [-0.05, 0) is 37.0 Å². The Morgan fingerprint density at radius 2 is 2.08 bits per heavy atom. The topological polar surface area (TPSA) is 68.5 Å². The quantitative estimate of drug-likeness (QED) is 0.620. The van der Waals surface area contributed by atoms with E-state index in [1.54, 1.807) is 6.20 Å². The molecule has 1 fully saturated rings. The molecule has 1 saturated heterocycles. The molecule has 1 aliphatic rings. The SMILES string of the molecule is O=[N+]([O-])c1cc(F)ccc1N1CCC(COc2ccccn2)CC1. The van der Waals surface area contributed by atoms with Crippen molar-refractivity contribution in [1.82, 2.24) is 4.98 Å². The second-order valence-electron chi connectivity index (χ2n) is 5.80. The molecule has 24 heavy (non-hydrogen) atoms. The van der Waals surface area contributed by atoms with Crippen LogP contribution < -0.4 is 9.64 Å². The Kier molecular flexibility index (Phi) is 4.88. The lowest BCUT2D eigenvalue weighted by atomic mass is 9.97. The van der Waals surface area contributed by atoms with Crippen molar-refractivity contribution < 1.29 is 14.1 Å². The molecule has 7 heteroatoms. The summed E-state index contributed by atoms with van der Waals surface area (Å²) in [6.07, 6.45) is 3.41.